The number of amides is 2. The number of rotatable bonds is 5. The highest BCUT2D eigenvalue weighted by Crippen LogP contribution is 2.32. The van der Waals surface area contributed by atoms with Gasteiger partial charge in [0, 0.05) is 11.6 Å². The molecule has 1 fully saturated rings. The van der Waals surface area contributed by atoms with E-state index >= 15 is 0 Å². The van der Waals surface area contributed by atoms with Crippen LogP contribution in [0.3, 0.4) is 0 Å². The van der Waals surface area contributed by atoms with Gasteiger partial charge in [0.1, 0.15) is 0 Å². The standard InChI is InChI=1S/C18H20ClN3O3.ClH/c19-14-9-12(21-17(23)13-4-1-3-11(13)10-20)6-7-15(14)22-18(24)16-5-2-8-25-16;/h2,5-9,11,13H,1,3-4,10,20H2,(H,21,23)(H,22,24);1H/t11-,13-;/m1./s1. The molecular weight excluding hydrogens is 377 g/mol. The van der Waals surface area contributed by atoms with Crippen LogP contribution in [0.2, 0.25) is 5.02 Å². The first-order valence-corrected chi connectivity index (χ1v) is 8.61. The Balaban J connectivity index is 0.00000243. The second-order valence-electron chi connectivity index (χ2n) is 6.15. The summed E-state index contributed by atoms with van der Waals surface area (Å²) in [7, 11) is 0. The lowest BCUT2D eigenvalue weighted by Gasteiger charge is -2.17. The number of hydrogen-bond acceptors (Lipinski definition) is 4. The third-order valence-corrected chi connectivity index (χ3v) is 4.84. The molecule has 140 valence electrons. The van der Waals surface area contributed by atoms with Crippen LogP contribution in [-0.4, -0.2) is 18.4 Å². The summed E-state index contributed by atoms with van der Waals surface area (Å²) in [4.78, 5) is 24.4. The monoisotopic (exact) mass is 397 g/mol. The molecule has 26 heavy (non-hydrogen) atoms. The van der Waals surface area contributed by atoms with Gasteiger partial charge >= 0.3 is 0 Å². The minimum absolute atomic E-state index is 0. The largest absolute Gasteiger partial charge is 0.459 e. The lowest BCUT2D eigenvalue weighted by atomic mass is 9.95. The Hall–Kier alpha value is -2.02. The van der Waals surface area contributed by atoms with Crippen LogP contribution in [0.5, 0.6) is 0 Å². The van der Waals surface area contributed by atoms with Gasteiger partial charge in [0.05, 0.1) is 17.0 Å². The van der Waals surface area contributed by atoms with E-state index < -0.39 is 0 Å². The molecule has 4 N–H and O–H groups in total. The van der Waals surface area contributed by atoms with Crippen molar-refractivity contribution in [2.75, 3.05) is 17.2 Å². The number of anilines is 2. The number of halogens is 2. The molecule has 1 aliphatic rings. The maximum atomic E-state index is 12.4. The lowest BCUT2D eigenvalue weighted by molar-refractivity contribution is -0.120. The van der Waals surface area contributed by atoms with Gasteiger partial charge in [0.2, 0.25) is 5.91 Å². The summed E-state index contributed by atoms with van der Waals surface area (Å²) in [5.41, 5.74) is 6.77. The molecule has 1 aromatic carbocycles. The summed E-state index contributed by atoms with van der Waals surface area (Å²) in [5.74, 6) is -0.0382. The molecular formula is C18H21Cl2N3O3. The van der Waals surface area contributed by atoms with Crippen molar-refractivity contribution in [2.45, 2.75) is 19.3 Å². The first-order valence-electron chi connectivity index (χ1n) is 8.24. The summed E-state index contributed by atoms with van der Waals surface area (Å²) in [6.07, 6.45) is 4.30. The van der Waals surface area contributed by atoms with E-state index in [1.807, 2.05) is 0 Å². The van der Waals surface area contributed by atoms with E-state index in [0.717, 1.165) is 19.3 Å². The second-order valence-corrected chi connectivity index (χ2v) is 6.56. The van der Waals surface area contributed by atoms with Crippen LogP contribution in [-0.2, 0) is 4.79 Å². The van der Waals surface area contributed by atoms with Crippen molar-refractivity contribution >= 4 is 47.2 Å². The highest BCUT2D eigenvalue weighted by molar-refractivity contribution is 6.34. The molecule has 0 saturated heterocycles. The van der Waals surface area contributed by atoms with Gasteiger partial charge in [-0.15, -0.1) is 12.4 Å². The Kier molecular flexibility index (Phi) is 7.08. The van der Waals surface area contributed by atoms with Gasteiger partial charge in [-0.05, 0) is 55.6 Å². The van der Waals surface area contributed by atoms with E-state index in [0.29, 0.717) is 22.9 Å². The average molecular weight is 398 g/mol. The van der Waals surface area contributed by atoms with Crippen molar-refractivity contribution in [3.05, 3.63) is 47.4 Å². The van der Waals surface area contributed by atoms with Crippen LogP contribution in [0, 0.1) is 11.8 Å². The molecule has 0 bridgehead atoms. The SMILES string of the molecule is Cl.NC[C@H]1CCC[C@H]1C(=O)Nc1ccc(NC(=O)c2ccco2)c(Cl)c1. The fraction of sp³-hybridized carbons (Fsp3) is 0.333. The van der Waals surface area contributed by atoms with Crippen molar-refractivity contribution in [3.8, 4) is 0 Å². The van der Waals surface area contributed by atoms with E-state index in [1.165, 1.54) is 6.26 Å². The number of nitrogens with two attached hydrogens (primary N) is 1. The fourth-order valence-corrected chi connectivity index (χ4v) is 3.41. The third-order valence-electron chi connectivity index (χ3n) is 4.53. The number of nitrogens with one attached hydrogen (secondary N) is 2. The minimum Gasteiger partial charge on any atom is -0.459 e. The van der Waals surface area contributed by atoms with Crippen molar-refractivity contribution in [1.29, 1.82) is 0 Å². The highest BCUT2D eigenvalue weighted by atomic mass is 35.5. The van der Waals surface area contributed by atoms with Gasteiger partial charge in [0.25, 0.3) is 5.91 Å². The predicted molar refractivity (Wildman–Crippen MR) is 104 cm³/mol. The predicted octanol–water partition coefficient (Wildman–Crippen LogP) is 3.92. The quantitative estimate of drug-likeness (QED) is 0.711. The molecule has 2 amide bonds. The Morgan fingerprint density at radius 1 is 1.23 bits per heavy atom. The smallest absolute Gasteiger partial charge is 0.291 e. The van der Waals surface area contributed by atoms with E-state index in [2.05, 4.69) is 10.6 Å². The molecule has 1 heterocycles. The van der Waals surface area contributed by atoms with Crippen LogP contribution >= 0.6 is 24.0 Å². The van der Waals surface area contributed by atoms with Gasteiger partial charge < -0.3 is 20.8 Å². The molecule has 6 nitrogen and oxygen atoms in total. The summed E-state index contributed by atoms with van der Waals surface area (Å²) < 4.78 is 5.04. The van der Waals surface area contributed by atoms with E-state index in [-0.39, 0.29) is 41.8 Å². The molecule has 0 unspecified atom stereocenters. The maximum Gasteiger partial charge on any atom is 0.291 e. The molecule has 2 aromatic rings. The van der Waals surface area contributed by atoms with Gasteiger partial charge in [0.15, 0.2) is 5.76 Å². The average Bonchev–Trinajstić information content (AvgIpc) is 3.28. The molecule has 0 radical (unpaired) electrons. The molecule has 0 spiro atoms. The number of furan rings is 1. The Morgan fingerprint density at radius 3 is 2.69 bits per heavy atom. The first kappa shape index (κ1) is 20.3. The van der Waals surface area contributed by atoms with E-state index in [9.17, 15) is 9.59 Å². The normalized spacial score (nSPS) is 18.8. The van der Waals surface area contributed by atoms with E-state index in [4.69, 9.17) is 21.8 Å². The number of carbonyl (C=O) groups excluding carboxylic acids is 2. The highest BCUT2D eigenvalue weighted by Gasteiger charge is 2.31. The number of benzene rings is 1. The Labute approximate surface area is 162 Å². The van der Waals surface area contributed by atoms with Crippen molar-refractivity contribution in [2.24, 2.45) is 17.6 Å². The first-order chi connectivity index (χ1) is 12.1. The molecule has 1 aliphatic carbocycles. The van der Waals surface area contributed by atoms with Crippen LogP contribution in [0.1, 0.15) is 29.8 Å². The number of carbonyl (C=O) groups is 2. The van der Waals surface area contributed by atoms with Crippen molar-refractivity contribution < 1.29 is 14.0 Å². The zero-order chi connectivity index (χ0) is 17.8. The van der Waals surface area contributed by atoms with Gasteiger partial charge in [-0.25, -0.2) is 0 Å². The number of hydrogen-bond donors (Lipinski definition) is 3. The zero-order valence-corrected chi connectivity index (χ0v) is 15.6. The molecule has 1 aromatic heterocycles. The van der Waals surface area contributed by atoms with E-state index in [1.54, 1.807) is 30.3 Å². The summed E-state index contributed by atoms with van der Waals surface area (Å²) >= 11 is 6.22. The lowest BCUT2D eigenvalue weighted by Crippen LogP contribution is -2.29. The summed E-state index contributed by atoms with van der Waals surface area (Å²) in [6, 6.07) is 8.16. The molecule has 8 heteroatoms. The van der Waals surface area contributed by atoms with Gasteiger partial charge in [-0.3, -0.25) is 9.59 Å². The maximum absolute atomic E-state index is 12.4. The molecule has 3 rings (SSSR count). The molecule has 1 saturated carbocycles. The summed E-state index contributed by atoms with van der Waals surface area (Å²) in [6.45, 7) is 0.524. The topological polar surface area (TPSA) is 97.4 Å². The van der Waals surface area contributed by atoms with Crippen LogP contribution in [0.25, 0.3) is 0 Å². The molecule has 2 atom stereocenters. The Morgan fingerprint density at radius 2 is 2.04 bits per heavy atom. The third kappa shape index (κ3) is 4.58. The van der Waals surface area contributed by atoms with Crippen LogP contribution in [0.15, 0.2) is 41.0 Å². The minimum atomic E-state index is -0.388. The zero-order valence-electron chi connectivity index (χ0n) is 14.0. The second kappa shape index (κ2) is 9.07. The van der Waals surface area contributed by atoms with Gasteiger partial charge in [-0.2, -0.15) is 0 Å². The fourth-order valence-electron chi connectivity index (χ4n) is 3.18. The van der Waals surface area contributed by atoms with Crippen LogP contribution < -0.4 is 16.4 Å². The van der Waals surface area contributed by atoms with Gasteiger partial charge in [-0.1, -0.05) is 18.0 Å². The van der Waals surface area contributed by atoms with Crippen molar-refractivity contribution in [3.63, 3.8) is 0 Å². The van der Waals surface area contributed by atoms with Crippen molar-refractivity contribution in [1.82, 2.24) is 0 Å². The Bertz CT molecular complexity index is 765. The van der Waals surface area contributed by atoms with Crippen LogP contribution in [0.4, 0.5) is 11.4 Å². The molecule has 0 aliphatic heterocycles. The summed E-state index contributed by atoms with van der Waals surface area (Å²) in [5, 5.41) is 5.89.